The van der Waals surface area contributed by atoms with E-state index in [0.717, 1.165) is 36.2 Å². The molecular weight excluding hydrogens is 365 g/mol. The Morgan fingerprint density at radius 3 is 2.41 bits per heavy atom. The normalized spacial score (nSPS) is 18.4. The predicted molar refractivity (Wildman–Crippen MR) is 105 cm³/mol. The standard InChI is InChI=1S/C20H24FN3O2S/c1-14-18-15(21)5-4-6-16(18)27-19(14)20(26)24-11-9-22(10-12-24)13-17(25)23-7-2-3-8-23/h4-6H,2-3,7-13H2,1H3. The van der Waals surface area contributed by atoms with E-state index in [-0.39, 0.29) is 17.6 Å². The molecule has 2 fully saturated rings. The first-order chi connectivity index (χ1) is 13.0. The fourth-order valence-electron chi connectivity index (χ4n) is 3.97. The van der Waals surface area contributed by atoms with Crippen LogP contribution in [0.15, 0.2) is 18.2 Å². The fraction of sp³-hybridized carbons (Fsp3) is 0.500. The number of carbonyl (C=O) groups is 2. The van der Waals surface area contributed by atoms with E-state index in [2.05, 4.69) is 4.90 Å². The lowest BCUT2D eigenvalue weighted by Crippen LogP contribution is -2.51. The van der Waals surface area contributed by atoms with E-state index in [1.54, 1.807) is 6.07 Å². The smallest absolute Gasteiger partial charge is 0.264 e. The SMILES string of the molecule is Cc1c(C(=O)N2CCN(CC(=O)N3CCCC3)CC2)sc2cccc(F)c12. The summed E-state index contributed by atoms with van der Waals surface area (Å²) in [5, 5.41) is 0.556. The minimum absolute atomic E-state index is 0.0291. The molecule has 0 bridgehead atoms. The first-order valence-electron chi connectivity index (χ1n) is 9.51. The van der Waals surface area contributed by atoms with Crippen molar-refractivity contribution in [1.29, 1.82) is 0 Å². The van der Waals surface area contributed by atoms with Gasteiger partial charge in [0.05, 0.1) is 11.4 Å². The molecule has 0 N–H and O–H groups in total. The van der Waals surface area contributed by atoms with Crippen LogP contribution < -0.4 is 0 Å². The van der Waals surface area contributed by atoms with Crippen LogP contribution in [0.3, 0.4) is 0 Å². The van der Waals surface area contributed by atoms with Crippen LogP contribution in [0, 0.1) is 12.7 Å². The summed E-state index contributed by atoms with van der Waals surface area (Å²) in [6, 6.07) is 4.97. The number of halogens is 1. The maximum absolute atomic E-state index is 14.1. The van der Waals surface area contributed by atoms with E-state index >= 15 is 0 Å². The summed E-state index contributed by atoms with van der Waals surface area (Å²) >= 11 is 1.36. The van der Waals surface area contributed by atoms with Crippen LogP contribution in [0.25, 0.3) is 10.1 Å². The van der Waals surface area contributed by atoms with Gasteiger partial charge in [-0.05, 0) is 37.5 Å². The van der Waals surface area contributed by atoms with Gasteiger partial charge in [0.1, 0.15) is 5.82 Å². The molecule has 0 saturated carbocycles. The zero-order valence-electron chi connectivity index (χ0n) is 15.5. The molecule has 0 radical (unpaired) electrons. The largest absolute Gasteiger partial charge is 0.342 e. The van der Waals surface area contributed by atoms with Crippen LogP contribution >= 0.6 is 11.3 Å². The number of benzene rings is 1. The highest BCUT2D eigenvalue weighted by Crippen LogP contribution is 2.33. The van der Waals surface area contributed by atoms with Crippen LogP contribution in [-0.4, -0.2) is 72.3 Å². The van der Waals surface area contributed by atoms with Crippen LogP contribution in [0.1, 0.15) is 28.1 Å². The third kappa shape index (κ3) is 3.58. The Morgan fingerprint density at radius 1 is 1.04 bits per heavy atom. The first-order valence-corrected chi connectivity index (χ1v) is 10.3. The van der Waals surface area contributed by atoms with Gasteiger partial charge < -0.3 is 9.80 Å². The molecule has 0 aliphatic carbocycles. The number of thiophene rings is 1. The van der Waals surface area contributed by atoms with Gasteiger partial charge in [0.15, 0.2) is 0 Å². The Balaban J connectivity index is 1.39. The molecule has 144 valence electrons. The van der Waals surface area contributed by atoms with Gasteiger partial charge in [0, 0.05) is 49.4 Å². The van der Waals surface area contributed by atoms with Gasteiger partial charge in [0.25, 0.3) is 5.91 Å². The third-order valence-electron chi connectivity index (χ3n) is 5.57. The lowest BCUT2D eigenvalue weighted by Gasteiger charge is -2.35. The van der Waals surface area contributed by atoms with E-state index in [4.69, 9.17) is 0 Å². The van der Waals surface area contributed by atoms with Crippen molar-refractivity contribution in [1.82, 2.24) is 14.7 Å². The predicted octanol–water partition coefficient (Wildman–Crippen LogP) is 2.73. The summed E-state index contributed by atoms with van der Waals surface area (Å²) in [7, 11) is 0. The molecule has 27 heavy (non-hydrogen) atoms. The summed E-state index contributed by atoms with van der Waals surface area (Å²) in [6.45, 7) is 6.60. The van der Waals surface area contributed by atoms with Crippen molar-refractivity contribution in [3.63, 3.8) is 0 Å². The summed E-state index contributed by atoms with van der Waals surface area (Å²) in [4.78, 5) is 31.8. The van der Waals surface area contributed by atoms with Crippen molar-refractivity contribution in [2.24, 2.45) is 0 Å². The second kappa shape index (κ2) is 7.56. The van der Waals surface area contributed by atoms with E-state index < -0.39 is 0 Å². The molecule has 2 aliphatic rings. The Kier molecular flexibility index (Phi) is 5.14. The summed E-state index contributed by atoms with van der Waals surface area (Å²) in [6.07, 6.45) is 2.20. The van der Waals surface area contributed by atoms with Crippen LogP contribution in [0.2, 0.25) is 0 Å². The number of amides is 2. The zero-order chi connectivity index (χ0) is 19.0. The Labute approximate surface area is 162 Å². The first kappa shape index (κ1) is 18.4. The molecule has 0 unspecified atom stereocenters. The van der Waals surface area contributed by atoms with Crippen molar-refractivity contribution in [2.75, 3.05) is 45.8 Å². The Hall–Kier alpha value is -1.99. The van der Waals surface area contributed by atoms with Gasteiger partial charge >= 0.3 is 0 Å². The number of piperazine rings is 1. The van der Waals surface area contributed by atoms with Crippen molar-refractivity contribution < 1.29 is 14.0 Å². The number of fused-ring (bicyclic) bond motifs is 1. The molecule has 3 heterocycles. The fourth-order valence-corrected chi connectivity index (χ4v) is 5.16. The second-order valence-corrected chi connectivity index (χ2v) is 8.38. The molecule has 4 rings (SSSR count). The molecule has 2 aromatic rings. The van der Waals surface area contributed by atoms with E-state index in [9.17, 15) is 14.0 Å². The number of hydrogen-bond donors (Lipinski definition) is 0. The van der Waals surface area contributed by atoms with E-state index in [1.807, 2.05) is 22.8 Å². The van der Waals surface area contributed by atoms with Crippen molar-refractivity contribution >= 4 is 33.2 Å². The molecular formula is C20H24FN3O2S. The number of aryl methyl sites for hydroxylation is 1. The van der Waals surface area contributed by atoms with Crippen LogP contribution in [0.5, 0.6) is 0 Å². The number of rotatable bonds is 3. The Bertz CT molecular complexity index is 867. The van der Waals surface area contributed by atoms with Crippen molar-refractivity contribution in [2.45, 2.75) is 19.8 Å². The number of nitrogens with zero attached hydrogens (tertiary/aromatic N) is 3. The van der Waals surface area contributed by atoms with E-state index in [0.29, 0.717) is 43.0 Å². The van der Waals surface area contributed by atoms with Gasteiger partial charge in [-0.2, -0.15) is 0 Å². The minimum atomic E-state index is -0.273. The number of hydrogen-bond acceptors (Lipinski definition) is 4. The second-order valence-electron chi connectivity index (χ2n) is 7.33. The quantitative estimate of drug-likeness (QED) is 0.811. The number of carbonyl (C=O) groups excluding carboxylic acids is 2. The zero-order valence-corrected chi connectivity index (χ0v) is 16.4. The maximum atomic E-state index is 14.1. The average Bonchev–Trinajstić information content (AvgIpc) is 3.31. The van der Waals surface area contributed by atoms with Gasteiger partial charge in [0.2, 0.25) is 5.91 Å². The van der Waals surface area contributed by atoms with Crippen LogP contribution in [0.4, 0.5) is 4.39 Å². The highest BCUT2D eigenvalue weighted by molar-refractivity contribution is 7.21. The van der Waals surface area contributed by atoms with Crippen molar-refractivity contribution in [3.05, 3.63) is 34.5 Å². The lowest BCUT2D eigenvalue weighted by atomic mass is 10.1. The molecule has 2 saturated heterocycles. The van der Waals surface area contributed by atoms with Crippen LogP contribution in [-0.2, 0) is 4.79 Å². The minimum Gasteiger partial charge on any atom is -0.342 e. The highest BCUT2D eigenvalue weighted by Gasteiger charge is 2.28. The molecule has 5 nitrogen and oxygen atoms in total. The van der Waals surface area contributed by atoms with Gasteiger partial charge in [-0.15, -0.1) is 11.3 Å². The van der Waals surface area contributed by atoms with E-state index in [1.165, 1.54) is 17.4 Å². The maximum Gasteiger partial charge on any atom is 0.264 e. The van der Waals surface area contributed by atoms with Gasteiger partial charge in [-0.25, -0.2) is 4.39 Å². The molecule has 0 spiro atoms. The molecule has 7 heteroatoms. The topological polar surface area (TPSA) is 43.9 Å². The summed E-state index contributed by atoms with van der Waals surface area (Å²) < 4.78 is 14.9. The highest BCUT2D eigenvalue weighted by atomic mass is 32.1. The van der Waals surface area contributed by atoms with Gasteiger partial charge in [-0.3, -0.25) is 14.5 Å². The molecule has 2 aliphatic heterocycles. The molecule has 1 aromatic heterocycles. The van der Waals surface area contributed by atoms with Gasteiger partial charge in [-0.1, -0.05) is 6.07 Å². The lowest BCUT2D eigenvalue weighted by molar-refractivity contribution is -0.131. The average molecular weight is 389 g/mol. The number of likely N-dealkylation sites (tertiary alicyclic amines) is 1. The summed E-state index contributed by atoms with van der Waals surface area (Å²) in [5.74, 6) is -0.104. The monoisotopic (exact) mass is 389 g/mol. The third-order valence-corrected chi connectivity index (χ3v) is 6.82. The summed E-state index contributed by atoms with van der Waals surface area (Å²) in [5.41, 5.74) is 0.727. The molecule has 1 aromatic carbocycles. The Morgan fingerprint density at radius 2 is 1.74 bits per heavy atom. The van der Waals surface area contributed by atoms with Crippen molar-refractivity contribution in [3.8, 4) is 0 Å². The molecule has 0 atom stereocenters. The molecule has 2 amide bonds.